The summed E-state index contributed by atoms with van der Waals surface area (Å²) in [6, 6.07) is 22.1. The molecule has 2 atom stereocenters. The van der Waals surface area contributed by atoms with Gasteiger partial charge in [0.25, 0.3) is 17.7 Å². The van der Waals surface area contributed by atoms with Gasteiger partial charge in [0.1, 0.15) is 11.8 Å². The number of rotatable bonds is 5. The third-order valence-electron chi connectivity index (χ3n) is 5.85. The fourth-order valence-corrected chi connectivity index (χ4v) is 4.23. The summed E-state index contributed by atoms with van der Waals surface area (Å²) in [6.45, 7) is 0. The molecule has 5 rings (SSSR count). The molecule has 6 heteroatoms. The Balaban J connectivity index is 1.51. The molecule has 2 heterocycles. The molecule has 0 spiro atoms. The van der Waals surface area contributed by atoms with E-state index in [0.717, 1.165) is 10.5 Å². The summed E-state index contributed by atoms with van der Waals surface area (Å²) in [7, 11) is 1.58. The average molecular weight is 424 g/mol. The molecule has 1 fully saturated rings. The van der Waals surface area contributed by atoms with Gasteiger partial charge in [-0.05, 0) is 42.0 Å². The van der Waals surface area contributed by atoms with Crippen molar-refractivity contribution in [2.24, 2.45) is 0 Å². The van der Waals surface area contributed by atoms with Crippen LogP contribution >= 0.6 is 0 Å². The van der Waals surface area contributed by atoms with Gasteiger partial charge in [0.05, 0.1) is 24.3 Å². The minimum Gasteiger partial charge on any atom is -0.497 e. The number of nitrogens with zero attached hydrogens (tertiary/aromatic N) is 2. The second-order valence-corrected chi connectivity index (χ2v) is 7.64. The molecule has 3 aromatic carbocycles. The maximum Gasteiger partial charge on any atom is 0.262 e. The lowest BCUT2D eigenvalue weighted by molar-refractivity contribution is -0.128. The first-order chi connectivity index (χ1) is 15.6. The van der Waals surface area contributed by atoms with Crippen LogP contribution in [-0.4, -0.2) is 41.8 Å². The fraction of sp³-hybridized carbons (Fsp3) is 0.115. The van der Waals surface area contributed by atoms with Gasteiger partial charge >= 0.3 is 0 Å². The number of fused-ring (bicyclic) bond motifs is 1. The molecule has 3 amide bonds. The number of anilines is 1. The Morgan fingerprint density at radius 1 is 0.750 bits per heavy atom. The summed E-state index contributed by atoms with van der Waals surface area (Å²) < 4.78 is 5.21. The third-order valence-corrected chi connectivity index (χ3v) is 5.85. The predicted octanol–water partition coefficient (Wildman–Crippen LogP) is 3.79. The zero-order valence-electron chi connectivity index (χ0n) is 17.3. The predicted molar refractivity (Wildman–Crippen MR) is 120 cm³/mol. The zero-order chi connectivity index (χ0) is 22.2. The van der Waals surface area contributed by atoms with E-state index in [9.17, 15) is 14.4 Å². The molecule has 0 bridgehead atoms. The molecule has 2 unspecified atom stereocenters. The molecular formula is C26H20N2O4. The van der Waals surface area contributed by atoms with Crippen LogP contribution < -0.4 is 9.64 Å². The monoisotopic (exact) mass is 424 g/mol. The second kappa shape index (κ2) is 7.81. The van der Waals surface area contributed by atoms with Crippen molar-refractivity contribution in [3.63, 3.8) is 0 Å². The SMILES string of the molecule is COc1ccc(N2C(=O)C(N3C(=O)c4ccccc4C3=O)C2C=Cc2ccccc2)cc1. The normalized spacial score (nSPS) is 20.0. The third kappa shape index (κ3) is 3.08. The first-order valence-corrected chi connectivity index (χ1v) is 10.3. The van der Waals surface area contributed by atoms with E-state index in [1.165, 1.54) is 0 Å². The van der Waals surface area contributed by atoms with Crippen molar-refractivity contribution in [1.29, 1.82) is 0 Å². The number of carbonyl (C=O) groups excluding carboxylic acids is 3. The van der Waals surface area contributed by atoms with Crippen LogP contribution in [0.1, 0.15) is 26.3 Å². The number of hydrogen-bond acceptors (Lipinski definition) is 4. The van der Waals surface area contributed by atoms with Gasteiger partial charge < -0.3 is 9.64 Å². The Bertz CT molecular complexity index is 1200. The Morgan fingerprint density at radius 2 is 1.34 bits per heavy atom. The molecule has 0 aromatic heterocycles. The van der Waals surface area contributed by atoms with Crippen LogP contribution in [0.25, 0.3) is 6.08 Å². The van der Waals surface area contributed by atoms with Gasteiger partial charge in [-0.2, -0.15) is 0 Å². The van der Waals surface area contributed by atoms with Gasteiger partial charge in [0.2, 0.25) is 0 Å². The Kier molecular flexibility index (Phi) is 4.82. The minimum absolute atomic E-state index is 0.299. The number of carbonyl (C=O) groups is 3. The number of β-lactam (4-membered cyclic amide) rings is 1. The topological polar surface area (TPSA) is 66.9 Å². The average Bonchev–Trinajstić information content (AvgIpc) is 3.08. The molecule has 158 valence electrons. The van der Waals surface area contributed by atoms with E-state index < -0.39 is 23.9 Å². The molecule has 2 aliphatic heterocycles. The number of ether oxygens (including phenoxy) is 1. The lowest BCUT2D eigenvalue weighted by Crippen LogP contribution is -2.71. The van der Waals surface area contributed by atoms with Gasteiger partial charge in [0, 0.05) is 5.69 Å². The van der Waals surface area contributed by atoms with Crippen LogP contribution in [0.2, 0.25) is 0 Å². The van der Waals surface area contributed by atoms with Gasteiger partial charge in [-0.3, -0.25) is 19.3 Å². The molecule has 0 radical (unpaired) electrons. The van der Waals surface area contributed by atoms with Crippen LogP contribution in [0.3, 0.4) is 0 Å². The minimum atomic E-state index is -0.899. The highest BCUT2D eigenvalue weighted by atomic mass is 16.5. The number of benzene rings is 3. The van der Waals surface area contributed by atoms with E-state index in [0.29, 0.717) is 22.6 Å². The van der Waals surface area contributed by atoms with E-state index >= 15 is 0 Å². The largest absolute Gasteiger partial charge is 0.497 e. The first-order valence-electron chi connectivity index (χ1n) is 10.3. The van der Waals surface area contributed by atoms with E-state index in [2.05, 4.69) is 0 Å². The van der Waals surface area contributed by atoms with Crippen molar-refractivity contribution in [1.82, 2.24) is 4.90 Å². The highest BCUT2D eigenvalue weighted by molar-refractivity contribution is 6.24. The maximum atomic E-state index is 13.3. The zero-order valence-corrected chi connectivity index (χ0v) is 17.3. The van der Waals surface area contributed by atoms with Crippen molar-refractivity contribution >= 4 is 29.5 Å². The van der Waals surface area contributed by atoms with Crippen LogP contribution in [-0.2, 0) is 4.79 Å². The fourth-order valence-electron chi connectivity index (χ4n) is 4.23. The molecule has 6 nitrogen and oxygen atoms in total. The molecular weight excluding hydrogens is 404 g/mol. The van der Waals surface area contributed by atoms with Crippen LogP contribution in [0, 0.1) is 0 Å². The number of hydrogen-bond donors (Lipinski definition) is 0. The van der Waals surface area contributed by atoms with Crippen LogP contribution in [0.15, 0.2) is 84.9 Å². The quantitative estimate of drug-likeness (QED) is 0.462. The maximum absolute atomic E-state index is 13.3. The lowest BCUT2D eigenvalue weighted by atomic mass is 9.91. The van der Waals surface area contributed by atoms with Gasteiger partial charge in [-0.15, -0.1) is 0 Å². The van der Waals surface area contributed by atoms with E-state index in [-0.39, 0.29) is 5.91 Å². The Morgan fingerprint density at radius 3 is 1.94 bits per heavy atom. The Labute approximate surface area is 185 Å². The van der Waals surface area contributed by atoms with Gasteiger partial charge in [0.15, 0.2) is 0 Å². The van der Waals surface area contributed by atoms with E-state index in [1.807, 2.05) is 42.5 Å². The van der Waals surface area contributed by atoms with E-state index in [1.54, 1.807) is 60.5 Å². The summed E-state index contributed by atoms with van der Waals surface area (Å²) in [5, 5.41) is 0. The summed E-state index contributed by atoms with van der Waals surface area (Å²) in [4.78, 5) is 42.0. The highest BCUT2D eigenvalue weighted by Crippen LogP contribution is 2.37. The summed E-state index contributed by atoms with van der Waals surface area (Å²) in [6.07, 6.45) is 3.77. The van der Waals surface area contributed by atoms with Gasteiger partial charge in [-0.1, -0.05) is 54.6 Å². The van der Waals surface area contributed by atoms with Crippen LogP contribution in [0.5, 0.6) is 5.75 Å². The molecule has 0 aliphatic carbocycles. The summed E-state index contributed by atoms with van der Waals surface area (Å²) >= 11 is 0. The highest BCUT2D eigenvalue weighted by Gasteiger charge is 2.55. The molecule has 0 saturated carbocycles. The number of imide groups is 1. The van der Waals surface area contributed by atoms with Crippen molar-refractivity contribution in [2.45, 2.75) is 12.1 Å². The van der Waals surface area contributed by atoms with Crippen molar-refractivity contribution in [3.05, 3.63) is 102 Å². The lowest BCUT2D eigenvalue weighted by Gasteiger charge is -2.48. The number of amides is 3. The standard InChI is InChI=1S/C26H20N2O4/c1-32-19-14-12-18(13-15-19)27-22(16-11-17-7-3-2-4-8-17)23(26(27)31)28-24(29)20-9-5-6-10-21(20)25(28)30/h2-16,22-23H,1H3. The molecule has 32 heavy (non-hydrogen) atoms. The molecule has 1 saturated heterocycles. The van der Waals surface area contributed by atoms with Crippen molar-refractivity contribution < 1.29 is 19.1 Å². The number of methoxy groups -OCH3 is 1. The van der Waals surface area contributed by atoms with Crippen LogP contribution in [0.4, 0.5) is 5.69 Å². The molecule has 3 aromatic rings. The summed E-state index contributed by atoms with van der Waals surface area (Å²) in [5.41, 5.74) is 2.30. The van der Waals surface area contributed by atoms with Crippen molar-refractivity contribution in [2.75, 3.05) is 12.0 Å². The second-order valence-electron chi connectivity index (χ2n) is 7.64. The first kappa shape index (κ1) is 19.8. The molecule has 0 N–H and O–H groups in total. The summed E-state index contributed by atoms with van der Waals surface area (Å²) in [5.74, 6) is -0.490. The van der Waals surface area contributed by atoms with E-state index in [4.69, 9.17) is 4.74 Å². The Hall–Kier alpha value is -4.19. The van der Waals surface area contributed by atoms with Crippen molar-refractivity contribution in [3.8, 4) is 5.75 Å². The van der Waals surface area contributed by atoms with Gasteiger partial charge in [-0.25, -0.2) is 0 Å². The molecule has 2 aliphatic rings. The smallest absolute Gasteiger partial charge is 0.262 e.